The molecule has 1 fully saturated rings. The number of morpholine rings is 1. The van der Waals surface area contributed by atoms with Crippen molar-refractivity contribution >= 4 is 29.4 Å². The van der Waals surface area contributed by atoms with Gasteiger partial charge in [-0.2, -0.15) is 0 Å². The second-order valence-corrected chi connectivity index (χ2v) is 15.0. The van der Waals surface area contributed by atoms with Crippen LogP contribution in [0.2, 0.25) is 0 Å². The van der Waals surface area contributed by atoms with Gasteiger partial charge >= 0.3 is 0 Å². The van der Waals surface area contributed by atoms with Crippen LogP contribution in [0.5, 0.6) is 0 Å². The Morgan fingerprint density at radius 3 is 1.77 bits per heavy atom. The predicted octanol–water partition coefficient (Wildman–Crippen LogP) is 1.54. The fraction of sp³-hybridized carbons (Fsp3) is 0.575. The van der Waals surface area contributed by atoms with Crippen LogP contribution in [0.4, 0.5) is 0 Å². The van der Waals surface area contributed by atoms with E-state index in [1.54, 1.807) is 12.1 Å². The zero-order valence-electron chi connectivity index (χ0n) is 31.8. The van der Waals surface area contributed by atoms with Crippen molar-refractivity contribution < 1.29 is 38.9 Å². The van der Waals surface area contributed by atoms with Gasteiger partial charge in [-0.3, -0.25) is 28.9 Å². The summed E-state index contributed by atoms with van der Waals surface area (Å²) in [7, 11) is 0. The number of amides is 4. The van der Waals surface area contributed by atoms with Crippen molar-refractivity contribution in [3.8, 4) is 0 Å². The number of carbonyl (C=O) groups is 5. The first kappa shape index (κ1) is 43.2. The molecule has 13 heteroatoms. The third-order valence-electron chi connectivity index (χ3n) is 9.12. The molecule has 1 heterocycles. The third-order valence-corrected chi connectivity index (χ3v) is 9.12. The van der Waals surface area contributed by atoms with E-state index in [1.807, 2.05) is 81.1 Å². The van der Waals surface area contributed by atoms with Gasteiger partial charge in [0.15, 0.2) is 5.78 Å². The molecule has 53 heavy (non-hydrogen) atoms. The van der Waals surface area contributed by atoms with E-state index in [0.29, 0.717) is 39.1 Å². The van der Waals surface area contributed by atoms with E-state index in [9.17, 15) is 34.2 Å². The lowest BCUT2D eigenvalue weighted by molar-refractivity contribution is -0.144. The van der Waals surface area contributed by atoms with E-state index in [4.69, 9.17) is 4.74 Å². The number of rotatable bonds is 21. The van der Waals surface area contributed by atoms with Gasteiger partial charge in [0.25, 0.3) is 0 Å². The van der Waals surface area contributed by atoms with Gasteiger partial charge in [0.1, 0.15) is 23.7 Å². The van der Waals surface area contributed by atoms with Crippen molar-refractivity contribution in [3.63, 3.8) is 0 Å². The quantitative estimate of drug-likeness (QED) is 0.111. The summed E-state index contributed by atoms with van der Waals surface area (Å²) in [5.41, 5.74) is -0.337. The molecule has 292 valence electrons. The average molecular weight is 738 g/mol. The van der Waals surface area contributed by atoms with Crippen LogP contribution < -0.4 is 21.3 Å². The van der Waals surface area contributed by atoms with Crippen LogP contribution in [-0.4, -0.2) is 114 Å². The van der Waals surface area contributed by atoms with E-state index in [0.717, 1.165) is 11.1 Å². The molecule has 6 N–H and O–H groups in total. The smallest absolute Gasteiger partial charge is 0.243 e. The van der Waals surface area contributed by atoms with Crippen LogP contribution in [0.25, 0.3) is 0 Å². The molecule has 2 aromatic carbocycles. The van der Waals surface area contributed by atoms with Gasteiger partial charge in [-0.1, -0.05) is 88.4 Å². The van der Waals surface area contributed by atoms with Crippen LogP contribution in [0.3, 0.4) is 0 Å². The maximum absolute atomic E-state index is 14.1. The summed E-state index contributed by atoms with van der Waals surface area (Å²) in [6, 6.07) is 14.4. The molecule has 1 aliphatic rings. The Bertz CT molecular complexity index is 1460. The van der Waals surface area contributed by atoms with Crippen molar-refractivity contribution in [1.29, 1.82) is 0 Å². The SMILES string of the molecule is CC(C)CC(NC(=O)C(CCc1ccccc1)NC(=O)CN1CCOCC1)C(=O)NC(Cc1ccccc1)C(=O)N[C@@H](CC(C)C)C(=O)[C@](C)(O)CO. The van der Waals surface area contributed by atoms with E-state index in [2.05, 4.69) is 21.3 Å². The fourth-order valence-electron chi connectivity index (χ4n) is 6.16. The minimum absolute atomic E-state index is 0.0279. The highest BCUT2D eigenvalue weighted by Crippen LogP contribution is 2.16. The molecule has 0 spiro atoms. The zero-order valence-corrected chi connectivity index (χ0v) is 31.8. The molecule has 1 saturated heterocycles. The topological polar surface area (TPSA) is 186 Å². The van der Waals surface area contributed by atoms with Gasteiger partial charge in [-0.15, -0.1) is 0 Å². The Morgan fingerprint density at radius 2 is 1.21 bits per heavy atom. The molecular formula is C40H59N5O8. The summed E-state index contributed by atoms with van der Waals surface area (Å²) in [6.07, 6.45) is 1.33. The van der Waals surface area contributed by atoms with Gasteiger partial charge < -0.3 is 36.2 Å². The molecule has 0 aliphatic carbocycles. The van der Waals surface area contributed by atoms with E-state index < -0.39 is 59.9 Å². The van der Waals surface area contributed by atoms with Crippen molar-refractivity contribution in [2.75, 3.05) is 39.5 Å². The Balaban J connectivity index is 1.84. The first-order chi connectivity index (χ1) is 25.2. The largest absolute Gasteiger partial charge is 0.393 e. The summed E-state index contributed by atoms with van der Waals surface area (Å²) in [4.78, 5) is 70.2. The van der Waals surface area contributed by atoms with Gasteiger partial charge in [0.2, 0.25) is 23.6 Å². The molecular weight excluding hydrogens is 678 g/mol. The maximum atomic E-state index is 14.1. The zero-order chi connectivity index (χ0) is 39.0. The normalized spacial score (nSPS) is 16.8. The number of aryl methyl sites for hydroxylation is 1. The molecule has 4 amide bonds. The monoisotopic (exact) mass is 737 g/mol. The summed E-state index contributed by atoms with van der Waals surface area (Å²) in [5.74, 6) is -2.89. The number of nitrogens with one attached hydrogen (secondary N) is 4. The molecule has 2 aromatic rings. The fourth-order valence-corrected chi connectivity index (χ4v) is 6.16. The number of benzene rings is 2. The summed E-state index contributed by atoms with van der Waals surface area (Å²) in [5, 5.41) is 31.5. The van der Waals surface area contributed by atoms with Crippen LogP contribution in [0.1, 0.15) is 65.0 Å². The van der Waals surface area contributed by atoms with Crippen LogP contribution >= 0.6 is 0 Å². The highest BCUT2D eigenvalue weighted by Gasteiger charge is 2.38. The Morgan fingerprint density at radius 1 is 0.717 bits per heavy atom. The number of ether oxygens (including phenoxy) is 1. The van der Waals surface area contributed by atoms with E-state index in [1.165, 1.54) is 6.92 Å². The Kier molecular flexibility index (Phi) is 17.5. The van der Waals surface area contributed by atoms with Crippen LogP contribution in [-0.2, 0) is 41.6 Å². The lowest BCUT2D eigenvalue weighted by atomic mass is 9.90. The third kappa shape index (κ3) is 15.0. The molecule has 13 nitrogen and oxygen atoms in total. The number of aliphatic hydroxyl groups is 2. The first-order valence-corrected chi connectivity index (χ1v) is 18.6. The molecule has 3 unspecified atom stereocenters. The van der Waals surface area contributed by atoms with E-state index >= 15 is 0 Å². The molecule has 0 radical (unpaired) electrons. The second kappa shape index (κ2) is 21.5. The Hall–Kier alpha value is -4.17. The summed E-state index contributed by atoms with van der Waals surface area (Å²) >= 11 is 0. The van der Waals surface area contributed by atoms with Crippen molar-refractivity contribution in [2.45, 2.75) is 96.5 Å². The molecule has 5 atom stereocenters. The van der Waals surface area contributed by atoms with Gasteiger partial charge in [-0.05, 0) is 55.6 Å². The number of Topliss-reactive ketones (excluding diaryl/α,β-unsaturated/α-hetero) is 1. The standard InChI is InChI=1S/C40H59N5O8/c1-27(2)22-32(36(48)40(5,52)26-46)42-39(51)34(24-30-14-10-7-11-15-30)44-38(50)33(23-28(3)4)43-37(49)31(17-16-29-12-8-6-9-13-29)41-35(47)25-45-18-20-53-21-19-45/h6-15,27-28,31-34,46,52H,16-26H2,1-5H3,(H,41,47)(H,42,51)(H,43,49)(H,44,50)/t31?,32-,33?,34?,40+/m0/s1. The lowest BCUT2D eigenvalue weighted by Gasteiger charge is -2.30. The number of hydrogen-bond acceptors (Lipinski definition) is 9. The van der Waals surface area contributed by atoms with Crippen LogP contribution in [0, 0.1) is 11.8 Å². The molecule has 0 saturated carbocycles. The number of hydrogen-bond donors (Lipinski definition) is 6. The molecule has 0 bridgehead atoms. The maximum Gasteiger partial charge on any atom is 0.243 e. The number of nitrogens with zero attached hydrogens (tertiary/aromatic N) is 1. The second-order valence-electron chi connectivity index (χ2n) is 15.0. The Labute approximate surface area is 313 Å². The number of aliphatic hydroxyl groups excluding tert-OH is 1. The summed E-state index contributed by atoms with van der Waals surface area (Å²) < 4.78 is 5.39. The van der Waals surface area contributed by atoms with Gasteiger partial charge in [0, 0.05) is 19.5 Å². The molecule has 1 aliphatic heterocycles. The van der Waals surface area contributed by atoms with Crippen molar-refractivity contribution in [3.05, 3.63) is 71.8 Å². The minimum Gasteiger partial charge on any atom is -0.393 e. The van der Waals surface area contributed by atoms with Gasteiger partial charge in [0.05, 0.1) is 32.4 Å². The highest BCUT2D eigenvalue weighted by molar-refractivity contribution is 5.97. The average Bonchev–Trinajstić information content (AvgIpc) is 3.12. The van der Waals surface area contributed by atoms with Gasteiger partial charge in [-0.25, -0.2) is 0 Å². The number of carbonyl (C=O) groups excluding carboxylic acids is 5. The van der Waals surface area contributed by atoms with Crippen LogP contribution in [0.15, 0.2) is 60.7 Å². The van der Waals surface area contributed by atoms with Crippen molar-refractivity contribution in [2.24, 2.45) is 11.8 Å². The van der Waals surface area contributed by atoms with Crippen molar-refractivity contribution in [1.82, 2.24) is 26.2 Å². The summed E-state index contributed by atoms with van der Waals surface area (Å²) in [6.45, 7) is 10.3. The minimum atomic E-state index is -2.08. The number of ketones is 1. The lowest BCUT2D eigenvalue weighted by Crippen LogP contribution is -2.60. The predicted molar refractivity (Wildman–Crippen MR) is 202 cm³/mol. The molecule has 3 rings (SSSR count). The van der Waals surface area contributed by atoms with E-state index in [-0.39, 0.29) is 43.6 Å². The molecule has 0 aromatic heterocycles. The first-order valence-electron chi connectivity index (χ1n) is 18.6. The highest BCUT2D eigenvalue weighted by atomic mass is 16.5.